The molecule has 1 rings (SSSR count). The van der Waals surface area contributed by atoms with E-state index >= 15 is 0 Å². The summed E-state index contributed by atoms with van der Waals surface area (Å²) in [6.07, 6.45) is 0. The number of nitrogens with two attached hydrogens (primary N) is 2. The second kappa shape index (κ2) is 4.42. The van der Waals surface area contributed by atoms with Gasteiger partial charge in [-0.25, -0.2) is 0 Å². The van der Waals surface area contributed by atoms with E-state index < -0.39 is 5.54 Å². The van der Waals surface area contributed by atoms with E-state index in [0.717, 1.165) is 11.3 Å². The van der Waals surface area contributed by atoms with E-state index in [9.17, 15) is 4.79 Å². The lowest BCUT2D eigenvalue weighted by molar-refractivity contribution is -0.120. The molecule has 4 nitrogen and oxygen atoms in total. The van der Waals surface area contributed by atoms with Crippen molar-refractivity contribution in [3.05, 3.63) is 29.8 Å². The number of nitrogens with one attached hydrogen (secondary N) is 1. The Balaban J connectivity index is 2.77. The van der Waals surface area contributed by atoms with Gasteiger partial charge in [-0.3, -0.25) is 4.79 Å². The van der Waals surface area contributed by atoms with E-state index in [1.807, 2.05) is 24.3 Å². The third-order valence-electron chi connectivity index (χ3n) is 2.01. The van der Waals surface area contributed by atoms with Gasteiger partial charge in [-0.05, 0) is 31.5 Å². The molecule has 82 valence electrons. The highest BCUT2D eigenvalue weighted by molar-refractivity contribution is 5.97. The molecular formula is C11H17N3O. The molecule has 15 heavy (non-hydrogen) atoms. The van der Waals surface area contributed by atoms with Crippen LogP contribution in [0.3, 0.4) is 0 Å². The molecule has 0 saturated carbocycles. The Labute approximate surface area is 89.6 Å². The predicted molar refractivity (Wildman–Crippen MR) is 61.2 cm³/mol. The maximum absolute atomic E-state index is 11.6. The summed E-state index contributed by atoms with van der Waals surface area (Å²) in [6, 6.07) is 7.40. The van der Waals surface area contributed by atoms with E-state index in [1.165, 1.54) is 0 Å². The second-order valence-corrected chi connectivity index (χ2v) is 4.08. The summed E-state index contributed by atoms with van der Waals surface area (Å²) in [6.45, 7) is 3.78. The number of anilines is 1. The van der Waals surface area contributed by atoms with Crippen LogP contribution in [0.1, 0.15) is 19.4 Å². The first-order valence-corrected chi connectivity index (χ1v) is 4.83. The molecule has 0 spiro atoms. The minimum atomic E-state index is -0.876. The van der Waals surface area contributed by atoms with E-state index in [4.69, 9.17) is 11.5 Å². The molecule has 4 heteroatoms. The fourth-order valence-electron chi connectivity index (χ4n) is 1.07. The molecule has 0 aliphatic carbocycles. The summed E-state index contributed by atoms with van der Waals surface area (Å²) in [7, 11) is 0. The Morgan fingerprint density at radius 2 is 2.13 bits per heavy atom. The second-order valence-electron chi connectivity index (χ2n) is 4.08. The third-order valence-corrected chi connectivity index (χ3v) is 2.01. The normalized spacial score (nSPS) is 11.2. The number of rotatable bonds is 3. The van der Waals surface area contributed by atoms with Crippen LogP contribution in [0.25, 0.3) is 0 Å². The maximum Gasteiger partial charge on any atom is 0.243 e. The largest absolute Gasteiger partial charge is 0.326 e. The fourth-order valence-corrected chi connectivity index (χ4v) is 1.07. The van der Waals surface area contributed by atoms with Crippen molar-refractivity contribution in [1.29, 1.82) is 0 Å². The molecule has 5 N–H and O–H groups in total. The molecule has 0 atom stereocenters. The molecule has 0 radical (unpaired) electrons. The smallest absolute Gasteiger partial charge is 0.243 e. The highest BCUT2D eigenvalue weighted by Crippen LogP contribution is 2.11. The lowest BCUT2D eigenvalue weighted by Crippen LogP contribution is -2.45. The number of hydrogen-bond donors (Lipinski definition) is 3. The first-order valence-electron chi connectivity index (χ1n) is 4.83. The van der Waals surface area contributed by atoms with Crippen molar-refractivity contribution in [3.63, 3.8) is 0 Å². The van der Waals surface area contributed by atoms with Crippen LogP contribution in [0.4, 0.5) is 5.69 Å². The lowest BCUT2D eigenvalue weighted by Gasteiger charge is -2.17. The molecule has 0 unspecified atom stereocenters. The van der Waals surface area contributed by atoms with Gasteiger partial charge >= 0.3 is 0 Å². The highest BCUT2D eigenvalue weighted by Gasteiger charge is 2.21. The van der Waals surface area contributed by atoms with Crippen LogP contribution < -0.4 is 16.8 Å². The molecule has 0 aliphatic heterocycles. The summed E-state index contributed by atoms with van der Waals surface area (Å²) in [4.78, 5) is 11.6. The monoisotopic (exact) mass is 207 g/mol. The fraction of sp³-hybridized carbons (Fsp3) is 0.364. The van der Waals surface area contributed by atoms with Crippen molar-refractivity contribution >= 4 is 11.6 Å². The van der Waals surface area contributed by atoms with E-state index in [-0.39, 0.29) is 5.91 Å². The molecule has 0 bridgehead atoms. The summed E-state index contributed by atoms with van der Waals surface area (Å²) >= 11 is 0. The topological polar surface area (TPSA) is 81.1 Å². The van der Waals surface area contributed by atoms with Crippen LogP contribution in [-0.2, 0) is 11.3 Å². The zero-order chi connectivity index (χ0) is 11.5. The molecule has 1 aromatic rings. The average molecular weight is 207 g/mol. The zero-order valence-corrected chi connectivity index (χ0v) is 9.08. The number of amides is 1. The first-order chi connectivity index (χ1) is 6.93. The Hall–Kier alpha value is -1.39. The maximum atomic E-state index is 11.6. The van der Waals surface area contributed by atoms with Crippen LogP contribution in [0.2, 0.25) is 0 Å². The van der Waals surface area contributed by atoms with Crippen LogP contribution in [0.5, 0.6) is 0 Å². The van der Waals surface area contributed by atoms with Crippen molar-refractivity contribution in [2.45, 2.75) is 25.9 Å². The van der Waals surface area contributed by atoms with Crippen molar-refractivity contribution in [1.82, 2.24) is 0 Å². The number of carbonyl (C=O) groups excluding carboxylic acids is 1. The predicted octanol–water partition coefficient (Wildman–Crippen LogP) is 0.821. The highest BCUT2D eigenvalue weighted by atomic mass is 16.2. The minimum absolute atomic E-state index is 0.211. The first kappa shape index (κ1) is 11.7. The van der Waals surface area contributed by atoms with Gasteiger partial charge in [0.25, 0.3) is 0 Å². The van der Waals surface area contributed by atoms with Gasteiger partial charge in [-0.2, -0.15) is 0 Å². The van der Waals surface area contributed by atoms with Gasteiger partial charge in [0.05, 0.1) is 5.54 Å². The molecule has 1 aromatic carbocycles. The molecular weight excluding hydrogens is 190 g/mol. The Morgan fingerprint density at radius 1 is 1.47 bits per heavy atom. The number of benzene rings is 1. The van der Waals surface area contributed by atoms with Gasteiger partial charge in [-0.15, -0.1) is 0 Å². The zero-order valence-electron chi connectivity index (χ0n) is 9.08. The Bertz CT molecular complexity index is 355. The van der Waals surface area contributed by atoms with Gasteiger partial charge in [0.15, 0.2) is 0 Å². The van der Waals surface area contributed by atoms with Crippen LogP contribution in [0.15, 0.2) is 24.3 Å². The summed E-state index contributed by atoms with van der Waals surface area (Å²) in [5.74, 6) is -0.211. The standard InChI is InChI=1S/C11H17N3O/c1-11(2,13)10(15)14-9-5-3-4-8(6-9)7-12/h3-6H,7,12-13H2,1-2H3,(H,14,15). The van der Waals surface area contributed by atoms with Gasteiger partial charge in [0, 0.05) is 12.2 Å². The molecule has 0 saturated heterocycles. The average Bonchev–Trinajstić information content (AvgIpc) is 2.16. The molecule has 0 fully saturated rings. The van der Waals surface area contributed by atoms with Crippen molar-refractivity contribution in [3.8, 4) is 0 Å². The van der Waals surface area contributed by atoms with E-state index in [1.54, 1.807) is 13.8 Å². The number of carbonyl (C=O) groups is 1. The van der Waals surface area contributed by atoms with Crippen molar-refractivity contribution in [2.24, 2.45) is 11.5 Å². The SMILES string of the molecule is CC(C)(N)C(=O)Nc1cccc(CN)c1. The van der Waals surface area contributed by atoms with Gasteiger partial charge < -0.3 is 16.8 Å². The van der Waals surface area contributed by atoms with Crippen LogP contribution >= 0.6 is 0 Å². The summed E-state index contributed by atoms with van der Waals surface area (Å²) in [5.41, 5.74) is 12.0. The molecule has 0 aromatic heterocycles. The number of hydrogen-bond acceptors (Lipinski definition) is 3. The van der Waals surface area contributed by atoms with Gasteiger partial charge in [0.2, 0.25) is 5.91 Å². The third kappa shape index (κ3) is 3.34. The van der Waals surface area contributed by atoms with Crippen LogP contribution in [0, 0.1) is 0 Å². The Morgan fingerprint density at radius 3 is 2.67 bits per heavy atom. The molecule has 0 aliphatic rings. The van der Waals surface area contributed by atoms with Crippen molar-refractivity contribution < 1.29 is 4.79 Å². The molecule has 0 heterocycles. The summed E-state index contributed by atoms with van der Waals surface area (Å²) in [5, 5.41) is 2.74. The minimum Gasteiger partial charge on any atom is -0.326 e. The van der Waals surface area contributed by atoms with E-state index in [0.29, 0.717) is 6.54 Å². The van der Waals surface area contributed by atoms with Gasteiger partial charge in [0.1, 0.15) is 0 Å². The summed E-state index contributed by atoms with van der Waals surface area (Å²) < 4.78 is 0. The molecule has 1 amide bonds. The lowest BCUT2D eigenvalue weighted by atomic mass is 10.1. The Kier molecular flexibility index (Phi) is 3.44. The quantitative estimate of drug-likeness (QED) is 0.686. The van der Waals surface area contributed by atoms with Crippen molar-refractivity contribution in [2.75, 3.05) is 5.32 Å². The van der Waals surface area contributed by atoms with Crippen LogP contribution in [-0.4, -0.2) is 11.4 Å². The van der Waals surface area contributed by atoms with Gasteiger partial charge in [-0.1, -0.05) is 12.1 Å². The van der Waals surface area contributed by atoms with E-state index in [2.05, 4.69) is 5.32 Å².